The van der Waals surface area contributed by atoms with Crippen LogP contribution in [0.1, 0.15) is 10.6 Å². The summed E-state index contributed by atoms with van der Waals surface area (Å²) in [5.74, 6) is 0.0871. The van der Waals surface area contributed by atoms with Gasteiger partial charge in [-0.15, -0.1) is 0 Å². The van der Waals surface area contributed by atoms with Crippen LogP contribution in [0, 0.1) is 0 Å². The number of carbonyl (C=O) groups is 1. The molecule has 1 amide bonds. The van der Waals surface area contributed by atoms with Crippen LogP contribution >= 0.6 is 0 Å². The minimum absolute atomic E-state index is 0.121. The number of fused-ring (bicyclic) bond motifs is 1. The lowest BCUT2D eigenvalue weighted by Crippen LogP contribution is -2.16. The van der Waals surface area contributed by atoms with Gasteiger partial charge in [-0.3, -0.25) is 4.79 Å². The Balaban J connectivity index is 2.56. The molecule has 2 N–H and O–H groups in total. The summed E-state index contributed by atoms with van der Waals surface area (Å²) < 4.78 is 5.23. The van der Waals surface area contributed by atoms with Crippen molar-refractivity contribution in [3.8, 4) is 5.75 Å². The Morgan fingerprint density at radius 2 is 2.21 bits per heavy atom. The third-order valence-corrected chi connectivity index (χ3v) is 1.95. The lowest BCUT2D eigenvalue weighted by Gasteiger charge is -1.91. The Bertz CT molecular complexity index is 487. The molecule has 2 aromatic rings. The van der Waals surface area contributed by atoms with Crippen LogP contribution in [-0.2, 0) is 0 Å². The van der Waals surface area contributed by atoms with Crippen molar-refractivity contribution in [2.24, 2.45) is 0 Å². The predicted octanol–water partition coefficient (Wildman–Crippen LogP) is 1.50. The van der Waals surface area contributed by atoms with Crippen molar-refractivity contribution in [2.45, 2.75) is 0 Å². The Morgan fingerprint density at radius 1 is 1.43 bits per heavy atom. The smallest absolute Gasteiger partial charge is 0.286 e. The number of nitrogens with one attached hydrogen (secondary N) is 1. The fourth-order valence-electron chi connectivity index (χ4n) is 1.25. The molecule has 2 rings (SSSR count). The second kappa shape index (κ2) is 3.06. The summed E-state index contributed by atoms with van der Waals surface area (Å²) >= 11 is 0. The maximum absolute atomic E-state index is 11.2. The molecule has 0 radical (unpaired) electrons. The average Bonchev–Trinajstić information content (AvgIpc) is 2.59. The molecule has 0 atom stereocenters. The molecular weight excluding hydrogens is 182 g/mol. The topological polar surface area (TPSA) is 62.5 Å². The molecule has 1 aromatic heterocycles. The number of benzene rings is 1. The first-order valence-corrected chi connectivity index (χ1v) is 4.15. The fraction of sp³-hybridized carbons (Fsp3) is 0.100. The minimum atomic E-state index is -0.277. The van der Waals surface area contributed by atoms with Gasteiger partial charge >= 0.3 is 0 Å². The second-order valence-electron chi connectivity index (χ2n) is 2.91. The molecule has 0 saturated carbocycles. The quantitative estimate of drug-likeness (QED) is 0.717. The number of carbonyl (C=O) groups excluding carboxylic acids is 1. The summed E-state index contributed by atoms with van der Waals surface area (Å²) in [5.41, 5.74) is 0.503. The first-order chi connectivity index (χ1) is 6.70. The number of furan rings is 1. The van der Waals surface area contributed by atoms with E-state index in [1.54, 1.807) is 18.2 Å². The maximum Gasteiger partial charge on any atom is 0.286 e. The van der Waals surface area contributed by atoms with Crippen LogP contribution in [0.25, 0.3) is 11.0 Å². The molecule has 72 valence electrons. The van der Waals surface area contributed by atoms with Crippen LogP contribution in [0.4, 0.5) is 0 Å². The molecule has 0 aliphatic heterocycles. The Labute approximate surface area is 80.1 Å². The number of hydrogen-bond acceptors (Lipinski definition) is 3. The molecule has 14 heavy (non-hydrogen) atoms. The van der Waals surface area contributed by atoms with Gasteiger partial charge in [0, 0.05) is 18.5 Å². The summed E-state index contributed by atoms with van der Waals surface area (Å²) in [6.07, 6.45) is 0. The SMILES string of the molecule is CNC(=O)c1cc2ccc(O)cc2o1. The zero-order valence-corrected chi connectivity index (χ0v) is 7.57. The molecule has 0 unspecified atom stereocenters. The first kappa shape index (κ1) is 8.62. The average molecular weight is 191 g/mol. The van der Waals surface area contributed by atoms with E-state index in [4.69, 9.17) is 4.42 Å². The van der Waals surface area contributed by atoms with E-state index in [-0.39, 0.29) is 17.4 Å². The van der Waals surface area contributed by atoms with Crippen LogP contribution < -0.4 is 5.32 Å². The zero-order chi connectivity index (χ0) is 10.1. The Kier molecular flexibility index (Phi) is 1.89. The molecular formula is C10H9NO3. The highest BCUT2D eigenvalue weighted by atomic mass is 16.3. The van der Waals surface area contributed by atoms with Gasteiger partial charge in [0.15, 0.2) is 5.76 Å². The molecule has 0 aliphatic rings. The van der Waals surface area contributed by atoms with Gasteiger partial charge in [-0.25, -0.2) is 0 Å². The summed E-state index contributed by atoms with van der Waals surface area (Å²) in [5, 5.41) is 12.4. The minimum Gasteiger partial charge on any atom is -0.508 e. The number of phenols is 1. The van der Waals surface area contributed by atoms with Gasteiger partial charge in [-0.1, -0.05) is 0 Å². The van der Waals surface area contributed by atoms with E-state index >= 15 is 0 Å². The number of phenolic OH excluding ortho intramolecular Hbond substituents is 1. The van der Waals surface area contributed by atoms with Crippen molar-refractivity contribution in [2.75, 3.05) is 7.05 Å². The predicted molar refractivity (Wildman–Crippen MR) is 51.3 cm³/mol. The van der Waals surface area contributed by atoms with Gasteiger partial charge in [-0.2, -0.15) is 0 Å². The summed E-state index contributed by atoms with van der Waals surface area (Å²) in [4.78, 5) is 11.2. The molecule has 4 heteroatoms. The molecule has 0 bridgehead atoms. The third-order valence-electron chi connectivity index (χ3n) is 1.95. The number of amides is 1. The van der Waals surface area contributed by atoms with Crippen molar-refractivity contribution in [3.63, 3.8) is 0 Å². The van der Waals surface area contributed by atoms with Gasteiger partial charge in [-0.05, 0) is 18.2 Å². The fourth-order valence-corrected chi connectivity index (χ4v) is 1.25. The van der Waals surface area contributed by atoms with Gasteiger partial charge in [0.05, 0.1) is 0 Å². The van der Waals surface area contributed by atoms with E-state index in [2.05, 4.69) is 5.32 Å². The standard InChI is InChI=1S/C10H9NO3/c1-11-10(13)9-4-6-2-3-7(12)5-8(6)14-9/h2-5,12H,1H3,(H,11,13). The van der Waals surface area contributed by atoms with Crippen LogP contribution in [0.3, 0.4) is 0 Å². The molecule has 0 spiro atoms. The number of hydrogen-bond donors (Lipinski definition) is 2. The van der Waals surface area contributed by atoms with Crippen LogP contribution in [0.15, 0.2) is 28.7 Å². The summed E-state index contributed by atoms with van der Waals surface area (Å²) in [6, 6.07) is 6.35. The van der Waals surface area contributed by atoms with E-state index in [1.807, 2.05) is 0 Å². The van der Waals surface area contributed by atoms with Crippen molar-refractivity contribution < 1.29 is 14.3 Å². The van der Waals surface area contributed by atoms with E-state index in [9.17, 15) is 9.90 Å². The van der Waals surface area contributed by atoms with Crippen LogP contribution in [0.5, 0.6) is 5.75 Å². The normalized spacial score (nSPS) is 10.4. The monoisotopic (exact) mass is 191 g/mol. The largest absolute Gasteiger partial charge is 0.508 e. The van der Waals surface area contributed by atoms with Crippen molar-refractivity contribution in [3.05, 3.63) is 30.0 Å². The van der Waals surface area contributed by atoms with Gasteiger partial charge < -0.3 is 14.8 Å². The van der Waals surface area contributed by atoms with Crippen molar-refractivity contribution in [1.82, 2.24) is 5.32 Å². The molecule has 0 saturated heterocycles. The third kappa shape index (κ3) is 1.31. The maximum atomic E-state index is 11.2. The van der Waals surface area contributed by atoms with Crippen LogP contribution in [-0.4, -0.2) is 18.1 Å². The number of aromatic hydroxyl groups is 1. The van der Waals surface area contributed by atoms with Gasteiger partial charge in [0.2, 0.25) is 0 Å². The molecule has 1 aromatic carbocycles. The number of rotatable bonds is 1. The van der Waals surface area contributed by atoms with Crippen LogP contribution in [0.2, 0.25) is 0 Å². The summed E-state index contributed by atoms with van der Waals surface area (Å²) in [7, 11) is 1.53. The van der Waals surface area contributed by atoms with Gasteiger partial charge in [0.1, 0.15) is 11.3 Å². The zero-order valence-electron chi connectivity index (χ0n) is 7.57. The van der Waals surface area contributed by atoms with E-state index in [0.717, 1.165) is 5.39 Å². The Hall–Kier alpha value is -1.97. The van der Waals surface area contributed by atoms with E-state index in [0.29, 0.717) is 5.58 Å². The Morgan fingerprint density at radius 3 is 2.93 bits per heavy atom. The molecule has 0 fully saturated rings. The highest BCUT2D eigenvalue weighted by molar-refractivity contribution is 5.96. The van der Waals surface area contributed by atoms with Crippen molar-refractivity contribution >= 4 is 16.9 Å². The second-order valence-corrected chi connectivity index (χ2v) is 2.91. The highest BCUT2D eigenvalue weighted by Gasteiger charge is 2.10. The van der Waals surface area contributed by atoms with Crippen molar-refractivity contribution in [1.29, 1.82) is 0 Å². The van der Waals surface area contributed by atoms with Gasteiger partial charge in [0.25, 0.3) is 5.91 Å². The molecule has 1 heterocycles. The van der Waals surface area contributed by atoms with E-state index < -0.39 is 0 Å². The van der Waals surface area contributed by atoms with E-state index in [1.165, 1.54) is 13.1 Å². The molecule has 0 aliphatic carbocycles. The lowest BCUT2D eigenvalue weighted by molar-refractivity contribution is 0.0938. The highest BCUT2D eigenvalue weighted by Crippen LogP contribution is 2.23. The summed E-state index contributed by atoms with van der Waals surface area (Å²) in [6.45, 7) is 0. The lowest BCUT2D eigenvalue weighted by atomic mass is 10.2. The molecule has 4 nitrogen and oxygen atoms in total. The first-order valence-electron chi connectivity index (χ1n) is 4.15.